The van der Waals surface area contributed by atoms with Crippen LogP contribution in [-0.2, 0) is 38.1 Å². The summed E-state index contributed by atoms with van der Waals surface area (Å²) in [6, 6.07) is 0. The van der Waals surface area contributed by atoms with Crippen LogP contribution in [0.3, 0.4) is 0 Å². The molecule has 344 valence electrons. The van der Waals surface area contributed by atoms with Gasteiger partial charge in [0.1, 0.15) is 12.2 Å². The van der Waals surface area contributed by atoms with Gasteiger partial charge in [0, 0.05) is 32.1 Å². The van der Waals surface area contributed by atoms with E-state index in [-0.39, 0.29) is 56.5 Å². The van der Waals surface area contributed by atoms with Crippen LogP contribution in [0.1, 0.15) is 175 Å². The number of epoxide rings is 2. The molecule has 2 heterocycles. The third-order valence-corrected chi connectivity index (χ3v) is 9.68. The van der Waals surface area contributed by atoms with Gasteiger partial charge in [-0.3, -0.25) is 14.4 Å². The van der Waals surface area contributed by atoms with E-state index in [4.69, 9.17) is 23.7 Å². The molecule has 8 nitrogen and oxygen atoms in total. The zero-order valence-electron chi connectivity index (χ0n) is 38.9. The van der Waals surface area contributed by atoms with E-state index in [0.717, 1.165) is 96.3 Å². The number of hydrogen-bond donors (Lipinski definition) is 0. The molecular formula is C56H72O8. The molecule has 2 saturated heterocycles. The second-order valence-electron chi connectivity index (χ2n) is 15.4. The van der Waals surface area contributed by atoms with Gasteiger partial charge in [-0.15, -0.1) is 11.8 Å². The van der Waals surface area contributed by atoms with Crippen LogP contribution in [0, 0.1) is 71.0 Å². The number of allylic oxidation sites excluding steroid dienone is 8. The fourth-order valence-electron chi connectivity index (χ4n) is 5.95. The number of carbonyl (C=O) groups excluding carboxylic acids is 3. The smallest absolute Gasteiger partial charge is 0.309 e. The van der Waals surface area contributed by atoms with Crippen LogP contribution in [0.4, 0.5) is 0 Å². The highest BCUT2D eigenvalue weighted by Gasteiger charge is 2.37. The largest absolute Gasteiger partial charge is 0.458 e. The van der Waals surface area contributed by atoms with Crippen LogP contribution in [0.5, 0.6) is 0 Å². The van der Waals surface area contributed by atoms with Crippen molar-refractivity contribution in [1.29, 1.82) is 0 Å². The lowest BCUT2D eigenvalue weighted by Crippen LogP contribution is -2.30. The Bertz CT molecular complexity index is 1870. The van der Waals surface area contributed by atoms with Crippen LogP contribution in [0.25, 0.3) is 0 Å². The summed E-state index contributed by atoms with van der Waals surface area (Å²) in [5, 5.41) is 0. The second-order valence-corrected chi connectivity index (χ2v) is 15.4. The zero-order valence-corrected chi connectivity index (χ0v) is 38.9. The Morgan fingerprint density at radius 1 is 0.516 bits per heavy atom. The SMILES string of the molecule is CC/C=C\C=C/CCC[C@H]1O[C@@H]1C#CC#CCCC(=O)OC[C@@H](OC(=O)CCC#CC#C[C@H]1O[C@@H]1CCC/C=C\C=C/CC)OC(=O)CCCCCCCC#CCC#CCCCCC. The van der Waals surface area contributed by atoms with Crippen molar-refractivity contribution < 1.29 is 38.1 Å². The van der Waals surface area contributed by atoms with E-state index in [1.54, 1.807) is 0 Å². The van der Waals surface area contributed by atoms with Gasteiger partial charge in [0.05, 0.1) is 31.5 Å². The first kappa shape index (κ1) is 54.8. The summed E-state index contributed by atoms with van der Waals surface area (Å²) in [5.41, 5.74) is 0. The maximum absolute atomic E-state index is 12.7. The summed E-state index contributed by atoms with van der Waals surface area (Å²) in [4.78, 5) is 37.9. The highest BCUT2D eigenvalue weighted by atomic mass is 16.7. The first-order chi connectivity index (χ1) is 31.5. The Balaban J connectivity index is 1.73. The maximum Gasteiger partial charge on any atom is 0.309 e. The average Bonchev–Trinajstić information content (AvgIpc) is 4.22. The number of hydrogen-bond acceptors (Lipinski definition) is 8. The molecule has 0 aromatic heterocycles. The van der Waals surface area contributed by atoms with Crippen molar-refractivity contribution in [2.24, 2.45) is 0 Å². The monoisotopic (exact) mass is 873 g/mol. The molecule has 2 rings (SSSR count). The first-order valence-electron chi connectivity index (χ1n) is 23.8. The number of esters is 3. The molecule has 0 N–H and O–H groups in total. The zero-order chi connectivity index (χ0) is 46.0. The van der Waals surface area contributed by atoms with Crippen LogP contribution in [-0.4, -0.2) is 55.2 Å². The molecule has 0 aromatic carbocycles. The van der Waals surface area contributed by atoms with E-state index in [1.165, 1.54) is 12.8 Å². The van der Waals surface area contributed by atoms with E-state index in [0.29, 0.717) is 12.8 Å². The minimum absolute atomic E-state index is 0.00314. The quantitative estimate of drug-likeness (QED) is 0.0176. The molecule has 0 aliphatic carbocycles. The van der Waals surface area contributed by atoms with E-state index < -0.39 is 30.8 Å². The molecule has 8 heteroatoms. The van der Waals surface area contributed by atoms with Crippen molar-refractivity contribution in [2.45, 2.75) is 206 Å². The van der Waals surface area contributed by atoms with Crippen molar-refractivity contribution in [3.63, 3.8) is 0 Å². The lowest BCUT2D eigenvalue weighted by Gasteiger charge is -2.18. The van der Waals surface area contributed by atoms with Crippen molar-refractivity contribution in [3.05, 3.63) is 48.6 Å². The summed E-state index contributed by atoms with van der Waals surface area (Å²) in [6.45, 7) is 5.98. The fourth-order valence-corrected chi connectivity index (χ4v) is 5.95. The van der Waals surface area contributed by atoms with Crippen molar-refractivity contribution in [2.75, 3.05) is 6.61 Å². The summed E-state index contributed by atoms with van der Waals surface area (Å²) < 4.78 is 27.4. The summed E-state index contributed by atoms with van der Waals surface area (Å²) in [6.07, 6.45) is 34.6. The van der Waals surface area contributed by atoms with Crippen LogP contribution < -0.4 is 0 Å². The van der Waals surface area contributed by atoms with Gasteiger partial charge in [-0.05, 0) is 94.3 Å². The molecule has 0 spiro atoms. The van der Waals surface area contributed by atoms with Crippen LogP contribution in [0.2, 0.25) is 0 Å². The minimum Gasteiger partial charge on any atom is -0.458 e. The van der Waals surface area contributed by atoms with Gasteiger partial charge in [0.15, 0.2) is 6.61 Å². The molecule has 0 aromatic rings. The average molecular weight is 873 g/mol. The maximum atomic E-state index is 12.7. The number of ether oxygens (including phenoxy) is 5. The van der Waals surface area contributed by atoms with Gasteiger partial charge in [-0.2, -0.15) is 0 Å². The van der Waals surface area contributed by atoms with E-state index in [1.807, 2.05) is 0 Å². The molecule has 64 heavy (non-hydrogen) atoms. The Morgan fingerprint density at radius 2 is 1.02 bits per heavy atom. The molecule has 2 aliphatic heterocycles. The van der Waals surface area contributed by atoms with E-state index in [9.17, 15) is 14.4 Å². The number of carbonyl (C=O) groups is 3. The fraction of sp³-hybridized carbons (Fsp3) is 0.589. The molecule has 0 unspecified atom stereocenters. The first-order valence-corrected chi connectivity index (χ1v) is 23.8. The Labute approximate surface area is 386 Å². The summed E-state index contributed by atoms with van der Waals surface area (Å²) in [5.74, 6) is 33.8. The molecule has 0 bridgehead atoms. The standard InChI is InChI=1S/C56H72O8/c1-4-7-10-13-16-17-18-19-20-21-22-23-26-29-39-46-54(58)63-56(64-55(59)47-40-33-31-37-44-52-50(62-52)42-35-28-25-15-12-9-6-3)48-60-53(57)45-38-32-30-36-43-51-49(61-51)41-34-27-24-14-11-8-5-2/h8-9,11-12,14-15,24-25,49-52,56H,4-7,10,13,18,21-23,26-29,34-35,38-42,45-48H2,1-3H3/b11-8-,12-9-,24-14-,25-15-/t49-,50-,51-,52-,56-/m1/s1. The molecular weight excluding hydrogens is 801 g/mol. The number of rotatable bonds is 30. The molecule has 0 saturated carbocycles. The van der Waals surface area contributed by atoms with Crippen molar-refractivity contribution in [1.82, 2.24) is 0 Å². The van der Waals surface area contributed by atoms with Gasteiger partial charge in [-0.1, -0.05) is 137 Å². The minimum atomic E-state index is -1.37. The lowest BCUT2D eigenvalue weighted by molar-refractivity contribution is -0.199. The molecule has 2 fully saturated rings. The Morgan fingerprint density at radius 3 is 1.58 bits per heavy atom. The summed E-state index contributed by atoms with van der Waals surface area (Å²) >= 11 is 0. The lowest BCUT2D eigenvalue weighted by atomic mass is 10.1. The topological polar surface area (TPSA) is 104 Å². The van der Waals surface area contributed by atoms with E-state index >= 15 is 0 Å². The molecule has 5 atom stereocenters. The van der Waals surface area contributed by atoms with Crippen molar-refractivity contribution >= 4 is 17.9 Å². The van der Waals surface area contributed by atoms with Gasteiger partial charge in [0.2, 0.25) is 0 Å². The Kier molecular flexibility index (Phi) is 33.6. The summed E-state index contributed by atoms with van der Waals surface area (Å²) in [7, 11) is 0. The highest BCUT2D eigenvalue weighted by Crippen LogP contribution is 2.27. The third-order valence-electron chi connectivity index (χ3n) is 9.68. The van der Waals surface area contributed by atoms with Gasteiger partial charge >= 0.3 is 17.9 Å². The highest BCUT2D eigenvalue weighted by molar-refractivity contribution is 5.72. The van der Waals surface area contributed by atoms with E-state index in [2.05, 4.69) is 140 Å². The Hall–Kier alpha value is -5.35. The molecule has 2 aliphatic rings. The predicted molar refractivity (Wildman–Crippen MR) is 255 cm³/mol. The third kappa shape index (κ3) is 33.2. The second kappa shape index (κ2) is 39.3. The van der Waals surface area contributed by atoms with Crippen molar-refractivity contribution in [3.8, 4) is 71.0 Å². The number of unbranched alkanes of at least 4 members (excludes halogenated alkanes) is 10. The van der Waals surface area contributed by atoms with Crippen LogP contribution in [0.15, 0.2) is 48.6 Å². The van der Waals surface area contributed by atoms with Gasteiger partial charge in [-0.25, -0.2) is 0 Å². The van der Waals surface area contributed by atoms with Gasteiger partial charge < -0.3 is 23.7 Å². The van der Waals surface area contributed by atoms with Gasteiger partial charge in [0.25, 0.3) is 6.29 Å². The predicted octanol–water partition coefficient (Wildman–Crippen LogP) is 11.1. The molecule has 0 amide bonds. The normalized spacial score (nSPS) is 17.2. The van der Waals surface area contributed by atoms with Crippen LogP contribution >= 0.6 is 0 Å². The molecule has 0 radical (unpaired) electrons.